The van der Waals surface area contributed by atoms with E-state index in [2.05, 4.69) is 22.3 Å². The highest BCUT2D eigenvalue weighted by Gasteiger charge is 2.56. The molecule has 2 aliphatic carbocycles. The molecule has 0 spiro atoms. The lowest BCUT2D eigenvalue weighted by molar-refractivity contribution is -0.140. The number of aromatic nitrogens is 3. The molecule has 2 aromatic heterocycles. The van der Waals surface area contributed by atoms with Gasteiger partial charge in [0.1, 0.15) is 12.6 Å². The van der Waals surface area contributed by atoms with E-state index in [1.807, 2.05) is 0 Å². The molecule has 5 rings (SSSR count). The molecular formula is C23H30N6O3. The lowest BCUT2D eigenvalue weighted by atomic mass is 9.82. The first-order valence-electron chi connectivity index (χ1n) is 11.6. The van der Waals surface area contributed by atoms with Gasteiger partial charge in [-0.25, -0.2) is 0 Å². The van der Waals surface area contributed by atoms with Crippen LogP contribution < -0.4 is 11.1 Å². The van der Waals surface area contributed by atoms with Gasteiger partial charge in [0.15, 0.2) is 5.69 Å². The van der Waals surface area contributed by atoms with Crippen molar-refractivity contribution >= 4 is 28.6 Å². The number of rotatable bonds is 6. The molecule has 0 radical (unpaired) electrons. The first kappa shape index (κ1) is 20.9. The van der Waals surface area contributed by atoms with Crippen molar-refractivity contribution < 1.29 is 14.4 Å². The Balaban J connectivity index is 1.28. The summed E-state index contributed by atoms with van der Waals surface area (Å²) in [6.45, 7) is 2.91. The summed E-state index contributed by atoms with van der Waals surface area (Å²) in [5.74, 6) is 0.788. The predicted molar refractivity (Wildman–Crippen MR) is 117 cm³/mol. The molecule has 32 heavy (non-hydrogen) atoms. The van der Waals surface area contributed by atoms with Gasteiger partial charge in [-0.15, -0.1) is 0 Å². The summed E-state index contributed by atoms with van der Waals surface area (Å²) in [4.78, 5) is 43.9. The number of hydrogen-bond acceptors (Lipinski definition) is 5. The van der Waals surface area contributed by atoms with E-state index in [4.69, 9.17) is 5.73 Å². The maximum Gasteiger partial charge on any atom is 0.269 e. The van der Waals surface area contributed by atoms with Crippen LogP contribution in [0.4, 0.5) is 0 Å². The van der Waals surface area contributed by atoms with Crippen molar-refractivity contribution in [2.75, 3.05) is 6.54 Å². The van der Waals surface area contributed by atoms with Crippen LogP contribution in [-0.4, -0.2) is 56.0 Å². The third-order valence-corrected chi connectivity index (χ3v) is 7.38. The van der Waals surface area contributed by atoms with Gasteiger partial charge in [0.05, 0.1) is 11.7 Å². The Bertz CT molecular complexity index is 1070. The Morgan fingerprint density at radius 1 is 1.22 bits per heavy atom. The zero-order chi connectivity index (χ0) is 22.4. The molecule has 2 aromatic rings. The van der Waals surface area contributed by atoms with Crippen LogP contribution in [0.1, 0.15) is 55.9 Å². The molecule has 9 nitrogen and oxygen atoms in total. The van der Waals surface area contributed by atoms with Gasteiger partial charge in [0, 0.05) is 24.2 Å². The predicted octanol–water partition coefficient (Wildman–Crippen LogP) is 1.46. The number of likely N-dealkylation sites (tertiary alicyclic amines) is 1. The van der Waals surface area contributed by atoms with Crippen molar-refractivity contribution in [1.82, 2.24) is 25.0 Å². The fraction of sp³-hybridized carbons (Fsp3) is 0.609. The number of piperidine rings is 1. The van der Waals surface area contributed by atoms with Crippen LogP contribution in [0.3, 0.4) is 0 Å². The van der Waals surface area contributed by atoms with Crippen LogP contribution in [0.5, 0.6) is 0 Å². The Kier molecular flexibility index (Phi) is 5.35. The number of fused-ring (bicyclic) bond motifs is 2. The third kappa shape index (κ3) is 3.84. The van der Waals surface area contributed by atoms with E-state index in [-0.39, 0.29) is 30.1 Å². The van der Waals surface area contributed by atoms with Crippen LogP contribution in [0.25, 0.3) is 10.9 Å². The standard InChI is InChI=1S/C23H30N6O3/c1-13-3-2-4-14(7-13)10-26-23(32)18-9-15-8-17(15)29(18)20(30)12-28-19-11-25-6-5-16(19)21(27-28)22(24)31/h5-6,11,13-15,17-18H,2-4,7-10,12H2,1H3,(H2,24,31)(H,26,32)/t13-,14-,15-,17-,18+/m1/s1. The lowest BCUT2D eigenvalue weighted by Gasteiger charge is -2.30. The van der Waals surface area contributed by atoms with Crippen LogP contribution >= 0.6 is 0 Å². The van der Waals surface area contributed by atoms with Crippen molar-refractivity contribution in [3.05, 3.63) is 24.2 Å². The Labute approximate surface area is 186 Å². The average Bonchev–Trinajstić information content (AvgIpc) is 3.28. The number of nitrogens with two attached hydrogens (primary N) is 1. The summed E-state index contributed by atoms with van der Waals surface area (Å²) in [6.07, 6.45) is 9.61. The van der Waals surface area contributed by atoms with Gasteiger partial charge < -0.3 is 16.0 Å². The fourth-order valence-electron chi connectivity index (χ4n) is 5.69. The highest BCUT2D eigenvalue weighted by atomic mass is 16.2. The van der Waals surface area contributed by atoms with Crippen LogP contribution in [0.15, 0.2) is 18.5 Å². The largest absolute Gasteiger partial charge is 0.364 e. The average molecular weight is 439 g/mol. The first-order chi connectivity index (χ1) is 15.4. The van der Waals surface area contributed by atoms with E-state index < -0.39 is 11.9 Å². The quantitative estimate of drug-likeness (QED) is 0.707. The van der Waals surface area contributed by atoms with Crippen LogP contribution in [0.2, 0.25) is 0 Å². The van der Waals surface area contributed by atoms with Crippen LogP contribution in [-0.2, 0) is 16.1 Å². The minimum atomic E-state index is -0.648. The van der Waals surface area contributed by atoms with Crippen molar-refractivity contribution in [2.24, 2.45) is 23.5 Å². The van der Waals surface area contributed by atoms with Crippen LogP contribution in [0, 0.1) is 17.8 Å². The minimum Gasteiger partial charge on any atom is -0.364 e. The van der Waals surface area contributed by atoms with E-state index in [1.54, 1.807) is 23.4 Å². The molecule has 0 bridgehead atoms. The molecule has 3 fully saturated rings. The van der Waals surface area contributed by atoms with Gasteiger partial charge in [-0.2, -0.15) is 5.10 Å². The maximum atomic E-state index is 13.3. The molecule has 5 atom stereocenters. The highest BCUT2D eigenvalue weighted by Crippen LogP contribution is 2.48. The summed E-state index contributed by atoms with van der Waals surface area (Å²) < 4.78 is 1.47. The molecule has 3 aliphatic rings. The highest BCUT2D eigenvalue weighted by molar-refractivity contribution is 6.04. The Morgan fingerprint density at radius 3 is 2.84 bits per heavy atom. The number of primary amides is 1. The van der Waals surface area contributed by atoms with Crippen molar-refractivity contribution in [3.8, 4) is 0 Å². The molecule has 0 unspecified atom stereocenters. The normalized spacial score (nSPS) is 29.0. The monoisotopic (exact) mass is 438 g/mol. The molecule has 9 heteroatoms. The van der Waals surface area contributed by atoms with Gasteiger partial charge >= 0.3 is 0 Å². The zero-order valence-electron chi connectivity index (χ0n) is 18.4. The van der Waals surface area contributed by atoms with Crippen molar-refractivity contribution in [3.63, 3.8) is 0 Å². The van der Waals surface area contributed by atoms with Gasteiger partial charge in [-0.3, -0.25) is 24.0 Å². The molecule has 3 N–H and O–H groups in total. The number of nitrogens with zero attached hydrogens (tertiary/aromatic N) is 4. The van der Waals surface area contributed by atoms with E-state index in [9.17, 15) is 14.4 Å². The van der Waals surface area contributed by atoms with E-state index >= 15 is 0 Å². The number of pyridine rings is 1. The number of carbonyl (C=O) groups is 3. The molecule has 3 amide bonds. The summed E-state index contributed by atoms with van der Waals surface area (Å²) >= 11 is 0. The summed E-state index contributed by atoms with van der Waals surface area (Å²) in [5.41, 5.74) is 6.16. The first-order valence-corrected chi connectivity index (χ1v) is 11.6. The lowest BCUT2D eigenvalue weighted by Crippen LogP contribution is -2.49. The molecule has 170 valence electrons. The summed E-state index contributed by atoms with van der Waals surface area (Å²) in [6, 6.07) is 1.37. The third-order valence-electron chi connectivity index (χ3n) is 7.38. The van der Waals surface area contributed by atoms with Gasteiger partial charge in [0.2, 0.25) is 11.8 Å². The molecule has 3 heterocycles. The van der Waals surface area contributed by atoms with Crippen molar-refractivity contribution in [2.45, 2.75) is 64.1 Å². The topological polar surface area (TPSA) is 123 Å². The summed E-state index contributed by atoms with van der Waals surface area (Å²) in [7, 11) is 0. The SMILES string of the molecule is C[C@@H]1CCC[C@@H](CNC(=O)[C@@H]2C[C@H]3C[C@H]3N2C(=O)Cn2nc(C(N)=O)c3ccncc32)C1. The number of hydrogen-bond donors (Lipinski definition) is 2. The van der Waals surface area contributed by atoms with Gasteiger partial charge in [-0.1, -0.05) is 19.8 Å². The molecular weight excluding hydrogens is 408 g/mol. The van der Waals surface area contributed by atoms with E-state index in [0.29, 0.717) is 35.2 Å². The number of carbonyl (C=O) groups excluding carboxylic acids is 3. The number of amides is 3. The van der Waals surface area contributed by atoms with E-state index in [1.165, 1.54) is 17.5 Å². The second kappa shape index (κ2) is 8.18. The Morgan fingerprint density at radius 2 is 2.06 bits per heavy atom. The van der Waals surface area contributed by atoms with E-state index in [0.717, 1.165) is 25.7 Å². The Hall–Kier alpha value is -2.97. The number of nitrogens with one attached hydrogen (secondary N) is 1. The van der Waals surface area contributed by atoms with Crippen molar-refractivity contribution in [1.29, 1.82) is 0 Å². The summed E-state index contributed by atoms with van der Waals surface area (Å²) in [5, 5.41) is 7.97. The zero-order valence-corrected chi connectivity index (χ0v) is 18.4. The molecule has 0 aromatic carbocycles. The minimum absolute atomic E-state index is 0.0476. The van der Waals surface area contributed by atoms with Gasteiger partial charge in [-0.05, 0) is 49.5 Å². The molecule has 2 saturated carbocycles. The smallest absolute Gasteiger partial charge is 0.269 e. The second-order valence-electron chi connectivity index (χ2n) is 9.76. The second-order valence-corrected chi connectivity index (χ2v) is 9.76. The fourth-order valence-corrected chi connectivity index (χ4v) is 5.69. The van der Waals surface area contributed by atoms with Gasteiger partial charge in [0.25, 0.3) is 5.91 Å². The maximum absolute atomic E-state index is 13.3. The molecule has 1 saturated heterocycles. The molecule has 1 aliphatic heterocycles.